The number of carbonyl (C=O) groups is 2. The van der Waals surface area contributed by atoms with Gasteiger partial charge in [0.25, 0.3) is 0 Å². The summed E-state index contributed by atoms with van der Waals surface area (Å²) in [7, 11) is 0. The normalized spacial score (nSPS) is 18.7. The molecule has 1 unspecified atom stereocenters. The monoisotopic (exact) mass is 338 g/mol. The van der Waals surface area contributed by atoms with E-state index in [4.69, 9.17) is 0 Å². The molecule has 0 radical (unpaired) electrons. The molecule has 1 saturated heterocycles. The molecule has 1 fully saturated rings. The summed E-state index contributed by atoms with van der Waals surface area (Å²) in [4.78, 5) is 25.8. The van der Waals surface area contributed by atoms with Crippen molar-refractivity contribution in [3.8, 4) is 0 Å². The van der Waals surface area contributed by atoms with Gasteiger partial charge in [0, 0.05) is 24.0 Å². The van der Waals surface area contributed by atoms with E-state index in [9.17, 15) is 9.59 Å². The molecule has 4 nitrogen and oxygen atoms in total. The molecule has 20 heavy (non-hydrogen) atoms. The Balaban J connectivity index is 1.99. The van der Waals surface area contributed by atoms with Crippen LogP contribution in [0.1, 0.15) is 26.2 Å². The zero-order chi connectivity index (χ0) is 14.5. The summed E-state index contributed by atoms with van der Waals surface area (Å²) >= 11 is 3.42. The van der Waals surface area contributed by atoms with E-state index in [1.807, 2.05) is 31.2 Å². The highest BCUT2D eigenvalue weighted by molar-refractivity contribution is 9.10. The number of likely N-dealkylation sites (tertiary alicyclic amines) is 1. The molecule has 108 valence electrons. The minimum Gasteiger partial charge on any atom is -0.342 e. The van der Waals surface area contributed by atoms with Crippen LogP contribution in [0.15, 0.2) is 28.7 Å². The Kier molecular flexibility index (Phi) is 5.17. The molecule has 1 aromatic carbocycles. The molecule has 1 aromatic rings. The molecule has 1 atom stereocenters. The van der Waals surface area contributed by atoms with E-state index in [-0.39, 0.29) is 17.7 Å². The van der Waals surface area contributed by atoms with Gasteiger partial charge in [-0.05, 0) is 40.9 Å². The molecule has 0 spiro atoms. The van der Waals surface area contributed by atoms with Crippen LogP contribution in [0, 0.1) is 5.92 Å². The quantitative estimate of drug-likeness (QED) is 0.920. The van der Waals surface area contributed by atoms with Crippen molar-refractivity contribution in [2.45, 2.75) is 26.2 Å². The van der Waals surface area contributed by atoms with Crippen molar-refractivity contribution in [3.05, 3.63) is 28.7 Å². The third-order valence-electron chi connectivity index (χ3n) is 3.58. The topological polar surface area (TPSA) is 49.4 Å². The van der Waals surface area contributed by atoms with Gasteiger partial charge in [0.1, 0.15) is 0 Å². The number of anilines is 1. The lowest BCUT2D eigenvalue weighted by atomic mass is 9.96. The number of nitrogens with one attached hydrogen (secondary N) is 1. The Morgan fingerprint density at radius 2 is 2.15 bits per heavy atom. The Labute approximate surface area is 127 Å². The van der Waals surface area contributed by atoms with E-state index >= 15 is 0 Å². The molecule has 1 aliphatic rings. The lowest BCUT2D eigenvalue weighted by Gasteiger charge is -2.32. The predicted molar refractivity (Wildman–Crippen MR) is 82.4 cm³/mol. The Hall–Kier alpha value is -1.36. The van der Waals surface area contributed by atoms with Gasteiger partial charge in [-0.1, -0.05) is 19.1 Å². The Morgan fingerprint density at radius 1 is 1.40 bits per heavy atom. The van der Waals surface area contributed by atoms with Gasteiger partial charge in [0.05, 0.1) is 11.6 Å². The second-order valence-corrected chi connectivity index (χ2v) is 5.86. The summed E-state index contributed by atoms with van der Waals surface area (Å²) in [5.41, 5.74) is 0.774. The molecule has 5 heteroatoms. The summed E-state index contributed by atoms with van der Waals surface area (Å²) in [5.74, 6) is 0.000232. The van der Waals surface area contributed by atoms with Crippen LogP contribution in [0.25, 0.3) is 0 Å². The number of hydrogen-bond donors (Lipinski definition) is 1. The van der Waals surface area contributed by atoms with E-state index in [0.29, 0.717) is 13.0 Å². The van der Waals surface area contributed by atoms with Crippen LogP contribution in [-0.4, -0.2) is 29.8 Å². The second kappa shape index (κ2) is 6.88. The lowest BCUT2D eigenvalue weighted by Crippen LogP contribution is -2.43. The van der Waals surface area contributed by atoms with Crippen molar-refractivity contribution in [1.29, 1.82) is 0 Å². The highest BCUT2D eigenvalue weighted by Crippen LogP contribution is 2.24. The summed E-state index contributed by atoms with van der Waals surface area (Å²) in [6.45, 7) is 3.15. The van der Waals surface area contributed by atoms with Crippen LogP contribution in [0.2, 0.25) is 0 Å². The van der Waals surface area contributed by atoms with E-state index < -0.39 is 0 Å². The van der Waals surface area contributed by atoms with Crippen molar-refractivity contribution in [2.75, 3.05) is 18.4 Å². The van der Waals surface area contributed by atoms with Crippen LogP contribution >= 0.6 is 15.9 Å². The van der Waals surface area contributed by atoms with Gasteiger partial charge < -0.3 is 10.2 Å². The maximum Gasteiger partial charge on any atom is 0.229 e. The average molecular weight is 339 g/mol. The van der Waals surface area contributed by atoms with Gasteiger partial charge in [0.15, 0.2) is 0 Å². The van der Waals surface area contributed by atoms with Gasteiger partial charge in [-0.3, -0.25) is 9.59 Å². The minimum atomic E-state index is -0.119. The van der Waals surface area contributed by atoms with E-state index in [0.717, 1.165) is 29.5 Å². The predicted octanol–water partition coefficient (Wildman–Crippen LogP) is 3.04. The van der Waals surface area contributed by atoms with E-state index in [2.05, 4.69) is 21.2 Å². The minimum absolute atomic E-state index is 0.00879. The summed E-state index contributed by atoms with van der Waals surface area (Å²) in [6.07, 6.45) is 2.22. The van der Waals surface area contributed by atoms with Gasteiger partial charge in [-0.2, -0.15) is 0 Å². The van der Waals surface area contributed by atoms with Gasteiger partial charge in [0.2, 0.25) is 11.8 Å². The van der Waals surface area contributed by atoms with Crippen LogP contribution < -0.4 is 5.32 Å². The molecular weight excluding hydrogens is 320 g/mol. The smallest absolute Gasteiger partial charge is 0.229 e. The van der Waals surface area contributed by atoms with Crippen LogP contribution in [0.5, 0.6) is 0 Å². The SMILES string of the molecule is CCC(=O)N1CCCC(C(=O)Nc2ccccc2Br)C1. The lowest BCUT2D eigenvalue weighted by molar-refractivity contribution is -0.134. The molecule has 0 bridgehead atoms. The van der Waals surface area contributed by atoms with Crippen LogP contribution in [0.3, 0.4) is 0 Å². The zero-order valence-electron chi connectivity index (χ0n) is 11.6. The van der Waals surface area contributed by atoms with Gasteiger partial charge in [-0.25, -0.2) is 0 Å². The maximum absolute atomic E-state index is 12.3. The molecule has 0 aliphatic carbocycles. The first-order valence-electron chi connectivity index (χ1n) is 6.95. The standard InChI is InChI=1S/C15H19BrN2O2/c1-2-14(19)18-9-5-6-11(10-18)15(20)17-13-8-4-3-7-12(13)16/h3-4,7-8,11H,2,5-6,9-10H2,1H3,(H,17,20). The van der Waals surface area contributed by atoms with Crippen molar-refractivity contribution >= 4 is 33.4 Å². The average Bonchev–Trinajstić information content (AvgIpc) is 2.49. The molecule has 1 N–H and O–H groups in total. The van der Waals surface area contributed by atoms with Crippen molar-refractivity contribution in [3.63, 3.8) is 0 Å². The highest BCUT2D eigenvalue weighted by atomic mass is 79.9. The largest absolute Gasteiger partial charge is 0.342 e. The summed E-state index contributed by atoms with van der Waals surface area (Å²) in [5, 5.41) is 2.93. The number of carbonyl (C=O) groups excluding carboxylic acids is 2. The number of benzene rings is 1. The van der Waals surface area contributed by atoms with Gasteiger partial charge >= 0.3 is 0 Å². The second-order valence-electron chi connectivity index (χ2n) is 5.00. The van der Waals surface area contributed by atoms with Crippen molar-refractivity contribution < 1.29 is 9.59 Å². The third kappa shape index (κ3) is 3.60. The van der Waals surface area contributed by atoms with Crippen LogP contribution in [0.4, 0.5) is 5.69 Å². The molecule has 0 aromatic heterocycles. The first-order chi connectivity index (χ1) is 9.61. The fraction of sp³-hybridized carbons (Fsp3) is 0.467. The number of piperidine rings is 1. The summed E-state index contributed by atoms with van der Waals surface area (Å²) < 4.78 is 0.866. The van der Waals surface area contributed by atoms with E-state index in [1.165, 1.54) is 0 Å². The molecule has 2 amide bonds. The number of para-hydroxylation sites is 1. The molecule has 1 heterocycles. The molecular formula is C15H19BrN2O2. The Bertz CT molecular complexity index is 504. The fourth-order valence-corrected chi connectivity index (χ4v) is 2.82. The first kappa shape index (κ1) is 15.0. The van der Waals surface area contributed by atoms with Crippen molar-refractivity contribution in [2.24, 2.45) is 5.92 Å². The zero-order valence-corrected chi connectivity index (χ0v) is 13.1. The highest BCUT2D eigenvalue weighted by Gasteiger charge is 2.27. The van der Waals surface area contributed by atoms with Gasteiger partial charge in [-0.15, -0.1) is 0 Å². The fourth-order valence-electron chi connectivity index (χ4n) is 2.44. The number of halogens is 1. The number of nitrogens with zero attached hydrogens (tertiary/aromatic N) is 1. The van der Waals surface area contributed by atoms with Crippen LogP contribution in [-0.2, 0) is 9.59 Å². The van der Waals surface area contributed by atoms with Crippen molar-refractivity contribution in [1.82, 2.24) is 4.90 Å². The number of rotatable bonds is 3. The molecule has 0 saturated carbocycles. The molecule has 2 rings (SSSR count). The third-order valence-corrected chi connectivity index (χ3v) is 4.27. The number of hydrogen-bond acceptors (Lipinski definition) is 2. The Morgan fingerprint density at radius 3 is 2.85 bits per heavy atom. The van der Waals surface area contributed by atoms with E-state index in [1.54, 1.807) is 4.90 Å². The first-order valence-corrected chi connectivity index (χ1v) is 7.74. The summed E-state index contributed by atoms with van der Waals surface area (Å²) in [6, 6.07) is 7.54. The molecule has 1 aliphatic heterocycles. The number of amides is 2. The maximum atomic E-state index is 12.3.